The number of hydrogen-bond acceptors (Lipinski definition) is 6. The van der Waals surface area contributed by atoms with Gasteiger partial charge in [-0.25, -0.2) is 4.98 Å². The van der Waals surface area contributed by atoms with Crippen molar-refractivity contribution in [2.24, 2.45) is 0 Å². The topological polar surface area (TPSA) is 85.0 Å². The van der Waals surface area contributed by atoms with Gasteiger partial charge in [-0.15, -0.1) is 0 Å². The van der Waals surface area contributed by atoms with Gasteiger partial charge in [-0.3, -0.25) is 0 Å². The van der Waals surface area contributed by atoms with Crippen LogP contribution in [0, 0.1) is 13.8 Å². The van der Waals surface area contributed by atoms with Crippen molar-refractivity contribution in [3.05, 3.63) is 17.2 Å². The molecule has 3 rings (SSSR count). The molecular formula is C12H20N4O3. The minimum atomic E-state index is -0.800. The van der Waals surface area contributed by atoms with Gasteiger partial charge in [0.1, 0.15) is 0 Å². The number of aryl methyl sites for hydroxylation is 1. The van der Waals surface area contributed by atoms with Crippen molar-refractivity contribution in [2.45, 2.75) is 57.8 Å². The van der Waals surface area contributed by atoms with E-state index in [0.717, 1.165) is 40.5 Å². The number of imidazole rings is 1. The average Bonchev–Trinajstić information content (AvgIpc) is 2.80. The second kappa shape index (κ2) is 4.45. The lowest BCUT2D eigenvalue weighted by Gasteiger charge is -2.27. The monoisotopic (exact) mass is 268 g/mol. The SMILES string of the molecule is Cc1nc(C2N(O)[C@@H]3CCCC[C@@H]3N2O)n(O)c1C. The minimum Gasteiger partial charge on any atom is -0.427 e. The van der Waals surface area contributed by atoms with E-state index in [0.29, 0.717) is 11.4 Å². The number of nitrogens with zero attached hydrogens (tertiary/aromatic N) is 4. The molecule has 1 aromatic heterocycles. The second-order valence-electron chi connectivity index (χ2n) is 5.51. The molecule has 19 heavy (non-hydrogen) atoms. The summed E-state index contributed by atoms with van der Waals surface area (Å²) in [7, 11) is 0. The molecule has 3 N–H and O–H groups in total. The standard InChI is InChI=1S/C12H20N4O3/c1-7-8(2)14(17)11(13-7)12-15(18)9-5-3-4-6-10(9)16(12)19/h9-10,12,17-19H,3-6H2,1-2H3/t9-,10+,12?. The number of hydroxylamine groups is 4. The average molecular weight is 268 g/mol. The smallest absolute Gasteiger partial charge is 0.181 e. The van der Waals surface area contributed by atoms with Crippen LogP contribution in [0.25, 0.3) is 0 Å². The zero-order valence-electron chi connectivity index (χ0n) is 11.2. The lowest BCUT2D eigenvalue weighted by Crippen LogP contribution is -2.37. The van der Waals surface area contributed by atoms with E-state index in [1.807, 2.05) is 0 Å². The highest BCUT2D eigenvalue weighted by Crippen LogP contribution is 2.40. The van der Waals surface area contributed by atoms with Crippen LogP contribution in [0.15, 0.2) is 0 Å². The highest BCUT2D eigenvalue weighted by molar-refractivity contribution is 5.16. The van der Waals surface area contributed by atoms with Crippen LogP contribution >= 0.6 is 0 Å². The summed E-state index contributed by atoms with van der Waals surface area (Å²) in [6.07, 6.45) is 2.98. The summed E-state index contributed by atoms with van der Waals surface area (Å²) in [6, 6.07) is -0.192. The van der Waals surface area contributed by atoms with Crippen molar-refractivity contribution in [1.82, 2.24) is 19.8 Å². The fourth-order valence-electron chi connectivity index (χ4n) is 3.22. The third-order valence-corrected chi connectivity index (χ3v) is 4.45. The molecule has 1 unspecified atom stereocenters. The zero-order chi connectivity index (χ0) is 13.7. The van der Waals surface area contributed by atoms with Crippen LogP contribution in [0.3, 0.4) is 0 Å². The molecule has 7 heteroatoms. The molecule has 0 amide bonds. The molecule has 7 nitrogen and oxygen atoms in total. The lowest BCUT2D eigenvalue weighted by molar-refractivity contribution is -0.217. The summed E-state index contributed by atoms with van der Waals surface area (Å²) in [5, 5.41) is 32.9. The summed E-state index contributed by atoms with van der Waals surface area (Å²) in [5.74, 6) is 0.259. The van der Waals surface area contributed by atoms with E-state index in [1.54, 1.807) is 13.8 Å². The number of fused-ring (bicyclic) bond motifs is 1. The molecule has 1 aromatic rings. The summed E-state index contributed by atoms with van der Waals surface area (Å²) in [6.45, 7) is 3.54. The van der Waals surface area contributed by atoms with Crippen LogP contribution in [-0.2, 0) is 0 Å². The summed E-state index contributed by atoms with van der Waals surface area (Å²) >= 11 is 0. The molecule has 3 atom stereocenters. The van der Waals surface area contributed by atoms with E-state index in [4.69, 9.17) is 0 Å². The predicted molar refractivity (Wildman–Crippen MR) is 64.9 cm³/mol. The lowest BCUT2D eigenvalue weighted by atomic mass is 9.91. The van der Waals surface area contributed by atoms with Gasteiger partial charge in [0.05, 0.1) is 23.5 Å². The second-order valence-corrected chi connectivity index (χ2v) is 5.51. The highest BCUT2D eigenvalue weighted by Gasteiger charge is 2.50. The Hall–Kier alpha value is -1.15. The van der Waals surface area contributed by atoms with E-state index in [9.17, 15) is 15.6 Å². The summed E-state index contributed by atoms with van der Waals surface area (Å²) in [5.41, 5.74) is 1.31. The Labute approximate surface area is 111 Å². The number of rotatable bonds is 1. The fraction of sp³-hybridized carbons (Fsp3) is 0.750. The molecule has 2 aliphatic rings. The largest absolute Gasteiger partial charge is 0.427 e. The van der Waals surface area contributed by atoms with Crippen molar-refractivity contribution in [3.8, 4) is 0 Å². The van der Waals surface area contributed by atoms with Crippen molar-refractivity contribution < 1.29 is 15.6 Å². The zero-order valence-corrected chi connectivity index (χ0v) is 11.2. The van der Waals surface area contributed by atoms with Crippen LogP contribution in [0.1, 0.15) is 49.1 Å². The molecule has 2 fully saturated rings. The Bertz CT molecular complexity index is 472. The van der Waals surface area contributed by atoms with Gasteiger partial charge in [-0.1, -0.05) is 12.8 Å². The fourth-order valence-corrected chi connectivity index (χ4v) is 3.22. The molecule has 1 saturated carbocycles. The molecule has 1 saturated heterocycles. The Balaban J connectivity index is 1.98. The molecule has 0 spiro atoms. The first-order valence-electron chi connectivity index (χ1n) is 6.72. The summed E-state index contributed by atoms with van der Waals surface area (Å²) in [4.78, 5) is 4.26. The van der Waals surface area contributed by atoms with Crippen molar-refractivity contribution in [2.75, 3.05) is 0 Å². The van der Waals surface area contributed by atoms with Gasteiger partial charge >= 0.3 is 0 Å². The Morgan fingerprint density at radius 3 is 1.95 bits per heavy atom. The molecule has 0 aromatic carbocycles. The van der Waals surface area contributed by atoms with Gasteiger partial charge in [-0.2, -0.15) is 14.9 Å². The minimum absolute atomic E-state index is 0.0962. The maximum Gasteiger partial charge on any atom is 0.181 e. The molecule has 0 bridgehead atoms. The molecule has 1 aliphatic heterocycles. The van der Waals surface area contributed by atoms with E-state index in [-0.39, 0.29) is 17.9 Å². The van der Waals surface area contributed by atoms with Gasteiger partial charge in [0.2, 0.25) is 0 Å². The van der Waals surface area contributed by atoms with E-state index in [1.165, 1.54) is 0 Å². The van der Waals surface area contributed by atoms with Crippen molar-refractivity contribution >= 4 is 0 Å². The first kappa shape index (κ1) is 12.9. The third-order valence-electron chi connectivity index (χ3n) is 4.45. The van der Waals surface area contributed by atoms with Crippen molar-refractivity contribution in [1.29, 1.82) is 0 Å². The quantitative estimate of drug-likeness (QED) is 0.668. The molecular weight excluding hydrogens is 248 g/mol. The van der Waals surface area contributed by atoms with Gasteiger partial charge in [0.15, 0.2) is 12.0 Å². The highest BCUT2D eigenvalue weighted by atomic mass is 16.6. The van der Waals surface area contributed by atoms with Gasteiger partial charge in [0, 0.05) is 0 Å². The first-order valence-corrected chi connectivity index (χ1v) is 6.72. The van der Waals surface area contributed by atoms with Crippen LogP contribution < -0.4 is 0 Å². The first-order chi connectivity index (χ1) is 9.02. The van der Waals surface area contributed by atoms with E-state index >= 15 is 0 Å². The predicted octanol–water partition coefficient (Wildman–Crippen LogP) is 1.44. The Kier molecular flexibility index (Phi) is 3.01. The Morgan fingerprint density at radius 2 is 1.53 bits per heavy atom. The maximum atomic E-state index is 10.3. The maximum absolute atomic E-state index is 10.3. The normalized spacial score (nSPS) is 32.7. The van der Waals surface area contributed by atoms with Crippen LogP contribution in [0.5, 0.6) is 0 Å². The van der Waals surface area contributed by atoms with E-state index < -0.39 is 6.17 Å². The van der Waals surface area contributed by atoms with Gasteiger partial charge in [-0.05, 0) is 26.7 Å². The van der Waals surface area contributed by atoms with Gasteiger partial charge < -0.3 is 15.6 Å². The van der Waals surface area contributed by atoms with Gasteiger partial charge in [0.25, 0.3) is 0 Å². The van der Waals surface area contributed by atoms with Crippen LogP contribution in [0.4, 0.5) is 0 Å². The molecule has 1 aliphatic carbocycles. The number of aromatic nitrogens is 2. The molecule has 2 heterocycles. The molecule has 0 radical (unpaired) electrons. The third kappa shape index (κ3) is 1.77. The number of hydrogen-bond donors (Lipinski definition) is 3. The van der Waals surface area contributed by atoms with Crippen LogP contribution in [-0.4, -0.2) is 47.5 Å². The summed E-state index contributed by atoms with van der Waals surface area (Å²) < 4.78 is 0.948. The van der Waals surface area contributed by atoms with Crippen LogP contribution in [0.2, 0.25) is 0 Å². The Morgan fingerprint density at radius 1 is 1.00 bits per heavy atom. The molecule has 106 valence electrons. The van der Waals surface area contributed by atoms with E-state index in [2.05, 4.69) is 4.98 Å². The van der Waals surface area contributed by atoms with Crippen molar-refractivity contribution in [3.63, 3.8) is 0 Å².